The summed E-state index contributed by atoms with van der Waals surface area (Å²) >= 11 is 0. The van der Waals surface area contributed by atoms with E-state index in [0.29, 0.717) is 41.6 Å². The Morgan fingerprint density at radius 3 is 2.11 bits per heavy atom. The molecule has 0 aromatic carbocycles. The van der Waals surface area contributed by atoms with Crippen LogP contribution in [0.5, 0.6) is 11.6 Å². The van der Waals surface area contributed by atoms with Gasteiger partial charge in [-0.15, -0.1) is 0 Å². The van der Waals surface area contributed by atoms with Gasteiger partial charge in [-0.25, -0.2) is 4.98 Å². The summed E-state index contributed by atoms with van der Waals surface area (Å²) in [6.45, 7) is 17.1. The Labute approximate surface area is 172 Å². The first-order valence-electron chi connectivity index (χ1n) is 10.7. The molecule has 1 aliphatic carbocycles. The lowest BCUT2D eigenvalue weighted by Crippen LogP contribution is -2.47. The molecule has 0 spiro atoms. The third-order valence-electron chi connectivity index (χ3n) is 5.82. The van der Waals surface area contributed by atoms with Gasteiger partial charge >= 0.3 is 0 Å². The Balaban J connectivity index is 2.34. The van der Waals surface area contributed by atoms with Gasteiger partial charge in [0.15, 0.2) is 12.5 Å². The molecule has 0 N–H and O–H groups in total. The second-order valence-electron chi connectivity index (χ2n) is 8.70. The van der Waals surface area contributed by atoms with Crippen molar-refractivity contribution in [2.45, 2.75) is 90.5 Å². The Bertz CT molecular complexity index is 607. The fraction of sp³-hybridized carbons (Fsp3) is 0.773. The molecule has 0 aliphatic heterocycles. The number of aromatic nitrogens is 1. The van der Waals surface area contributed by atoms with Crippen molar-refractivity contribution < 1.29 is 18.6 Å². The molecule has 1 aliphatic rings. The number of hydrogen-bond acceptors (Lipinski definition) is 5. The average molecular weight is 410 g/mol. The first-order valence-corrected chi connectivity index (χ1v) is 12.8. The Hall–Kier alpha value is -1.11. The molecule has 1 saturated carbocycles. The SMILES string of the molecule is CCOc1nc(CO[Si](C(C)C)(C(C)C)C(C)C)cc(C2CC2)c1OCOC. The number of hydrogen-bond donors (Lipinski definition) is 0. The van der Waals surface area contributed by atoms with Crippen LogP contribution in [0.2, 0.25) is 16.6 Å². The van der Waals surface area contributed by atoms with Crippen LogP contribution in [0.15, 0.2) is 6.07 Å². The number of nitrogens with zero attached hydrogens (tertiary/aromatic N) is 1. The zero-order chi connectivity index (χ0) is 20.9. The van der Waals surface area contributed by atoms with E-state index < -0.39 is 8.32 Å². The van der Waals surface area contributed by atoms with Gasteiger partial charge in [0.25, 0.3) is 5.88 Å². The van der Waals surface area contributed by atoms with Gasteiger partial charge in [-0.05, 0) is 48.4 Å². The third kappa shape index (κ3) is 5.08. The van der Waals surface area contributed by atoms with E-state index in [2.05, 4.69) is 47.6 Å². The molecule has 0 saturated heterocycles. The van der Waals surface area contributed by atoms with Crippen LogP contribution in [0.1, 0.15) is 78.5 Å². The molecule has 1 aromatic rings. The highest BCUT2D eigenvalue weighted by Gasteiger charge is 2.45. The number of pyridine rings is 1. The lowest BCUT2D eigenvalue weighted by atomic mass is 10.1. The molecule has 0 bridgehead atoms. The molecule has 2 rings (SSSR count). The standard InChI is InChI=1S/C22H39NO4Si/c1-9-25-22-21(26-14-24-8)20(18-10-11-18)12-19(23-22)13-27-28(15(2)3,16(4)5)17(6)7/h12,15-18H,9-11,13-14H2,1-8H3. The average Bonchev–Trinajstić information content (AvgIpc) is 3.45. The maximum Gasteiger partial charge on any atom is 0.257 e. The summed E-state index contributed by atoms with van der Waals surface area (Å²) in [6.07, 6.45) is 2.36. The first-order chi connectivity index (χ1) is 13.3. The molecule has 0 radical (unpaired) electrons. The van der Waals surface area contributed by atoms with Crippen LogP contribution >= 0.6 is 0 Å². The minimum atomic E-state index is -1.94. The van der Waals surface area contributed by atoms with Gasteiger partial charge in [0.1, 0.15) is 0 Å². The smallest absolute Gasteiger partial charge is 0.257 e. The number of methoxy groups -OCH3 is 1. The Kier molecular flexibility index (Phi) is 8.34. The highest BCUT2D eigenvalue weighted by Crippen LogP contribution is 2.48. The summed E-state index contributed by atoms with van der Waals surface area (Å²) in [5.74, 6) is 1.82. The third-order valence-corrected chi connectivity index (χ3v) is 11.9. The minimum absolute atomic E-state index is 0.196. The van der Waals surface area contributed by atoms with E-state index >= 15 is 0 Å². The van der Waals surface area contributed by atoms with Gasteiger partial charge in [0.2, 0.25) is 8.32 Å². The van der Waals surface area contributed by atoms with Crippen LogP contribution < -0.4 is 9.47 Å². The van der Waals surface area contributed by atoms with Crippen molar-refractivity contribution in [3.8, 4) is 11.6 Å². The molecular formula is C22H39NO4Si. The summed E-state index contributed by atoms with van der Waals surface area (Å²) in [6, 6.07) is 2.16. The highest BCUT2D eigenvalue weighted by molar-refractivity contribution is 6.77. The van der Waals surface area contributed by atoms with Crippen molar-refractivity contribution in [2.24, 2.45) is 0 Å². The molecule has 0 atom stereocenters. The van der Waals surface area contributed by atoms with E-state index in [0.717, 1.165) is 11.4 Å². The van der Waals surface area contributed by atoms with E-state index in [4.69, 9.17) is 23.6 Å². The van der Waals surface area contributed by atoms with Crippen molar-refractivity contribution in [2.75, 3.05) is 20.5 Å². The molecule has 0 amide bonds. The Morgan fingerprint density at radius 1 is 1.04 bits per heavy atom. The largest absolute Gasteiger partial charge is 0.475 e. The van der Waals surface area contributed by atoms with Crippen molar-refractivity contribution in [3.05, 3.63) is 17.3 Å². The van der Waals surface area contributed by atoms with Crippen molar-refractivity contribution in [3.63, 3.8) is 0 Å². The van der Waals surface area contributed by atoms with Crippen molar-refractivity contribution in [1.29, 1.82) is 0 Å². The van der Waals surface area contributed by atoms with Gasteiger partial charge in [0.05, 0.1) is 18.9 Å². The lowest BCUT2D eigenvalue weighted by molar-refractivity contribution is 0.0473. The summed E-state index contributed by atoms with van der Waals surface area (Å²) in [5.41, 5.74) is 3.76. The zero-order valence-electron chi connectivity index (χ0n) is 19.0. The minimum Gasteiger partial charge on any atom is -0.475 e. The van der Waals surface area contributed by atoms with Crippen LogP contribution in [0, 0.1) is 0 Å². The molecule has 5 nitrogen and oxygen atoms in total. The van der Waals surface area contributed by atoms with E-state index in [9.17, 15) is 0 Å². The van der Waals surface area contributed by atoms with E-state index in [1.54, 1.807) is 7.11 Å². The number of rotatable bonds is 12. The molecular weight excluding hydrogens is 370 g/mol. The monoisotopic (exact) mass is 409 g/mol. The normalized spacial score (nSPS) is 15.0. The van der Waals surface area contributed by atoms with Gasteiger partial charge in [-0.2, -0.15) is 0 Å². The highest BCUT2D eigenvalue weighted by atomic mass is 28.4. The molecule has 1 heterocycles. The quantitative estimate of drug-likeness (QED) is 0.311. The molecule has 28 heavy (non-hydrogen) atoms. The fourth-order valence-electron chi connectivity index (χ4n) is 4.55. The summed E-state index contributed by atoms with van der Waals surface area (Å²) in [5, 5.41) is 0. The maximum absolute atomic E-state index is 6.76. The summed E-state index contributed by atoms with van der Waals surface area (Å²) < 4.78 is 23.6. The van der Waals surface area contributed by atoms with E-state index in [1.165, 1.54) is 18.4 Å². The second kappa shape index (κ2) is 10.1. The predicted octanol–water partition coefficient (Wildman–Crippen LogP) is 6.03. The Morgan fingerprint density at radius 2 is 1.64 bits per heavy atom. The maximum atomic E-state index is 6.76. The van der Waals surface area contributed by atoms with Crippen molar-refractivity contribution >= 4 is 8.32 Å². The van der Waals surface area contributed by atoms with Crippen LogP contribution in [-0.4, -0.2) is 33.8 Å². The molecule has 0 unspecified atom stereocenters. The van der Waals surface area contributed by atoms with Crippen LogP contribution in [0.3, 0.4) is 0 Å². The topological polar surface area (TPSA) is 49.8 Å². The second-order valence-corrected chi connectivity index (χ2v) is 14.2. The lowest BCUT2D eigenvalue weighted by Gasteiger charge is -2.42. The molecule has 160 valence electrons. The first kappa shape index (κ1) is 23.2. The van der Waals surface area contributed by atoms with Crippen LogP contribution in [0.4, 0.5) is 0 Å². The molecule has 6 heteroatoms. The van der Waals surface area contributed by atoms with Gasteiger partial charge in [-0.1, -0.05) is 41.5 Å². The van der Waals surface area contributed by atoms with Crippen LogP contribution in [0.25, 0.3) is 0 Å². The fourth-order valence-corrected chi connectivity index (χ4v) is 9.95. The van der Waals surface area contributed by atoms with Gasteiger partial charge in [-0.3, -0.25) is 0 Å². The number of ether oxygens (including phenoxy) is 3. The van der Waals surface area contributed by atoms with Gasteiger partial charge < -0.3 is 18.6 Å². The van der Waals surface area contributed by atoms with E-state index in [1.807, 2.05) is 6.92 Å². The summed E-state index contributed by atoms with van der Waals surface area (Å²) in [7, 11) is -0.316. The van der Waals surface area contributed by atoms with E-state index in [-0.39, 0.29) is 6.79 Å². The summed E-state index contributed by atoms with van der Waals surface area (Å²) in [4.78, 5) is 4.76. The molecule has 1 aromatic heterocycles. The van der Waals surface area contributed by atoms with Gasteiger partial charge in [0, 0.05) is 12.7 Å². The molecule has 1 fully saturated rings. The van der Waals surface area contributed by atoms with Crippen LogP contribution in [-0.2, 0) is 15.8 Å². The zero-order valence-corrected chi connectivity index (χ0v) is 20.0. The predicted molar refractivity (Wildman–Crippen MR) is 116 cm³/mol. The van der Waals surface area contributed by atoms with Crippen molar-refractivity contribution in [1.82, 2.24) is 4.98 Å².